The van der Waals surface area contributed by atoms with Crippen molar-refractivity contribution in [1.82, 2.24) is 5.32 Å². The van der Waals surface area contributed by atoms with Gasteiger partial charge in [-0.25, -0.2) is 0 Å². The van der Waals surface area contributed by atoms with Gasteiger partial charge in [0.1, 0.15) is 0 Å². The molecule has 0 fully saturated rings. The van der Waals surface area contributed by atoms with Gasteiger partial charge in [0.25, 0.3) is 0 Å². The van der Waals surface area contributed by atoms with Gasteiger partial charge >= 0.3 is 6.18 Å². The minimum absolute atomic E-state index is 0.00175. The topological polar surface area (TPSA) is 38.0 Å². The first-order valence-corrected chi connectivity index (χ1v) is 5.30. The molecule has 0 bridgehead atoms. The third-order valence-electron chi connectivity index (χ3n) is 2.71. The van der Waals surface area contributed by atoms with Gasteiger partial charge in [0.2, 0.25) is 0 Å². The van der Waals surface area contributed by atoms with E-state index in [0.717, 1.165) is 6.42 Å². The average Bonchev–Trinajstić information content (AvgIpc) is 2.15. The summed E-state index contributed by atoms with van der Waals surface area (Å²) in [5, 5.41) is 3.02. The lowest BCUT2D eigenvalue weighted by atomic mass is 9.88. The van der Waals surface area contributed by atoms with Crippen molar-refractivity contribution in [1.29, 1.82) is 0 Å². The molecule has 0 aromatic rings. The second-order valence-electron chi connectivity index (χ2n) is 4.26. The molecule has 0 radical (unpaired) electrons. The summed E-state index contributed by atoms with van der Waals surface area (Å²) < 4.78 is 35.4. The highest BCUT2D eigenvalue weighted by atomic mass is 19.4. The maximum Gasteiger partial charge on any atom is 0.389 e. The van der Waals surface area contributed by atoms with E-state index >= 15 is 0 Å². The van der Waals surface area contributed by atoms with Crippen LogP contribution in [0.4, 0.5) is 13.2 Å². The van der Waals surface area contributed by atoms with Crippen LogP contribution in [-0.4, -0.2) is 25.8 Å². The van der Waals surface area contributed by atoms with Crippen molar-refractivity contribution in [2.45, 2.75) is 39.3 Å². The van der Waals surface area contributed by atoms with Gasteiger partial charge < -0.3 is 11.1 Å². The van der Waals surface area contributed by atoms with E-state index in [1.54, 1.807) is 0 Å². The Morgan fingerprint density at radius 1 is 1.27 bits per heavy atom. The van der Waals surface area contributed by atoms with Crippen LogP contribution in [0.2, 0.25) is 0 Å². The Morgan fingerprint density at radius 2 is 1.87 bits per heavy atom. The van der Waals surface area contributed by atoms with Crippen LogP contribution in [0.25, 0.3) is 0 Å². The molecule has 0 heterocycles. The van der Waals surface area contributed by atoms with E-state index in [0.29, 0.717) is 19.6 Å². The Balaban J connectivity index is 3.54. The molecule has 0 amide bonds. The summed E-state index contributed by atoms with van der Waals surface area (Å²) in [4.78, 5) is 0. The van der Waals surface area contributed by atoms with Gasteiger partial charge in [-0.05, 0) is 31.3 Å². The first kappa shape index (κ1) is 14.7. The number of nitrogens with one attached hydrogen (secondary N) is 1. The van der Waals surface area contributed by atoms with Gasteiger partial charge in [-0.2, -0.15) is 13.2 Å². The second kappa shape index (κ2) is 6.33. The Labute approximate surface area is 89.4 Å². The maximum atomic E-state index is 11.8. The number of alkyl halides is 3. The molecule has 0 aliphatic rings. The summed E-state index contributed by atoms with van der Waals surface area (Å²) >= 11 is 0. The number of halogens is 3. The summed E-state index contributed by atoms with van der Waals surface area (Å²) in [5.41, 5.74) is 5.58. The molecule has 0 saturated carbocycles. The average molecular weight is 226 g/mol. The number of rotatable bonds is 7. The predicted molar refractivity (Wildman–Crippen MR) is 55.6 cm³/mol. The van der Waals surface area contributed by atoms with Gasteiger partial charge in [-0.3, -0.25) is 0 Å². The molecule has 15 heavy (non-hydrogen) atoms. The largest absolute Gasteiger partial charge is 0.389 e. The SMILES string of the molecule is CCC(C)(CN)CNCCCC(F)(F)F. The van der Waals surface area contributed by atoms with Gasteiger partial charge in [0.05, 0.1) is 0 Å². The highest BCUT2D eigenvalue weighted by molar-refractivity contribution is 4.76. The standard InChI is InChI=1S/C10H21F3N2/c1-3-9(2,7-14)8-15-6-4-5-10(11,12)13/h15H,3-8,14H2,1-2H3. The second-order valence-corrected chi connectivity index (χ2v) is 4.26. The van der Waals surface area contributed by atoms with Crippen molar-refractivity contribution in [3.05, 3.63) is 0 Å². The molecule has 92 valence electrons. The van der Waals surface area contributed by atoms with Crippen LogP contribution in [0.1, 0.15) is 33.1 Å². The van der Waals surface area contributed by atoms with Crippen molar-refractivity contribution in [3.63, 3.8) is 0 Å². The molecule has 5 heteroatoms. The number of hydrogen-bond donors (Lipinski definition) is 2. The minimum atomic E-state index is -4.04. The number of hydrogen-bond acceptors (Lipinski definition) is 2. The lowest BCUT2D eigenvalue weighted by Crippen LogP contribution is -2.38. The summed E-state index contributed by atoms with van der Waals surface area (Å²) in [6, 6.07) is 0. The highest BCUT2D eigenvalue weighted by Crippen LogP contribution is 2.21. The van der Waals surface area contributed by atoms with E-state index in [1.165, 1.54) is 0 Å². The van der Waals surface area contributed by atoms with E-state index in [4.69, 9.17) is 5.73 Å². The fourth-order valence-corrected chi connectivity index (χ4v) is 1.15. The lowest BCUT2D eigenvalue weighted by Gasteiger charge is -2.26. The number of nitrogens with two attached hydrogens (primary N) is 1. The Bertz CT molecular complexity index is 165. The molecule has 0 aromatic heterocycles. The van der Waals surface area contributed by atoms with E-state index in [-0.39, 0.29) is 11.8 Å². The minimum Gasteiger partial charge on any atom is -0.330 e. The highest BCUT2D eigenvalue weighted by Gasteiger charge is 2.26. The maximum absolute atomic E-state index is 11.8. The predicted octanol–water partition coefficient (Wildman–Crippen LogP) is 2.29. The first-order valence-electron chi connectivity index (χ1n) is 5.30. The van der Waals surface area contributed by atoms with Gasteiger partial charge in [0.15, 0.2) is 0 Å². The Kier molecular flexibility index (Phi) is 6.20. The van der Waals surface area contributed by atoms with Crippen LogP contribution in [0.15, 0.2) is 0 Å². The van der Waals surface area contributed by atoms with Crippen molar-refractivity contribution in [2.75, 3.05) is 19.6 Å². The van der Waals surface area contributed by atoms with Crippen LogP contribution in [0, 0.1) is 5.41 Å². The molecule has 0 aliphatic heterocycles. The zero-order valence-corrected chi connectivity index (χ0v) is 9.45. The Morgan fingerprint density at radius 3 is 2.27 bits per heavy atom. The van der Waals surface area contributed by atoms with Crippen LogP contribution >= 0.6 is 0 Å². The van der Waals surface area contributed by atoms with Crippen molar-refractivity contribution >= 4 is 0 Å². The van der Waals surface area contributed by atoms with Crippen LogP contribution in [-0.2, 0) is 0 Å². The summed E-state index contributed by atoms with van der Waals surface area (Å²) in [6.07, 6.45) is -3.70. The lowest BCUT2D eigenvalue weighted by molar-refractivity contribution is -0.135. The summed E-state index contributed by atoms with van der Waals surface area (Å²) in [7, 11) is 0. The Hall–Kier alpha value is -0.290. The smallest absolute Gasteiger partial charge is 0.330 e. The molecule has 1 unspecified atom stereocenters. The van der Waals surface area contributed by atoms with E-state index in [1.807, 2.05) is 13.8 Å². The van der Waals surface area contributed by atoms with Gasteiger partial charge in [0, 0.05) is 13.0 Å². The van der Waals surface area contributed by atoms with Gasteiger partial charge in [-0.15, -0.1) is 0 Å². The van der Waals surface area contributed by atoms with Crippen molar-refractivity contribution in [3.8, 4) is 0 Å². The molecular weight excluding hydrogens is 205 g/mol. The third-order valence-corrected chi connectivity index (χ3v) is 2.71. The van der Waals surface area contributed by atoms with Crippen LogP contribution < -0.4 is 11.1 Å². The van der Waals surface area contributed by atoms with Crippen molar-refractivity contribution in [2.24, 2.45) is 11.1 Å². The van der Waals surface area contributed by atoms with Crippen LogP contribution in [0.5, 0.6) is 0 Å². The van der Waals surface area contributed by atoms with E-state index in [2.05, 4.69) is 5.32 Å². The van der Waals surface area contributed by atoms with Crippen LogP contribution in [0.3, 0.4) is 0 Å². The molecular formula is C10H21F3N2. The molecule has 0 spiro atoms. The van der Waals surface area contributed by atoms with Crippen molar-refractivity contribution < 1.29 is 13.2 Å². The zero-order chi connectivity index (χ0) is 11.9. The summed E-state index contributed by atoms with van der Waals surface area (Å²) in [6.45, 7) is 5.69. The normalized spacial score (nSPS) is 16.4. The molecule has 0 saturated heterocycles. The fraction of sp³-hybridized carbons (Fsp3) is 1.00. The molecule has 0 aromatic carbocycles. The monoisotopic (exact) mass is 226 g/mol. The molecule has 0 rings (SSSR count). The molecule has 0 aliphatic carbocycles. The van der Waals surface area contributed by atoms with E-state index in [9.17, 15) is 13.2 Å². The zero-order valence-electron chi connectivity index (χ0n) is 9.45. The molecule has 3 N–H and O–H groups in total. The summed E-state index contributed by atoms with van der Waals surface area (Å²) in [5.74, 6) is 0. The fourth-order valence-electron chi connectivity index (χ4n) is 1.15. The molecule has 2 nitrogen and oxygen atoms in total. The first-order chi connectivity index (χ1) is 6.83. The molecule has 1 atom stereocenters. The van der Waals surface area contributed by atoms with Gasteiger partial charge in [-0.1, -0.05) is 13.8 Å². The third kappa shape index (κ3) is 7.62. The quantitative estimate of drug-likeness (QED) is 0.654. The van der Waals surface area contributed by atoms with E-state index < -0.39 is 12.6 Å².